The van der Waals surface area contributed by atoms with Crippen molar-refractivity contribution in [2.24, 2.45) is 5.92 Å². The molecule has 3 rings (SSSR count). The summed E-state index contributed by atoms with van der Waals surface area (Å²) in [5, 5.41) is 23.2. The van der Waals surface area contributed by atoms with Crippen LogP contribution in [0.15, 0.2) is 53.6 Å². The summed E-state index contributed by atoms with van der Waals surface area (Å²) >= 11 is 1.27. The van der Waals surface area contributed by atoms with Gasteiger partial charge in [0.25, 0.3) is 0 Å². The predicted molar refractivity (Wildman–Crippen MR) is 113 cm³/mol. The largest absolute Gasteiger partial charge is 0.337 e. The topological polar surface area (TPSA) is 78.7 Å². The minimum atomic E-state index is -0.919. The lowest BCUT2D eigenvalue weighted by atomic mass is 9.90. The van der Waals surface area contributed by atoms with Crippen molar-refractivity contribution in [2.45, 2.75) is 31.3 Å². The molecule has 7 heteroatoms. The van der Waals surface area contributed by atoms with Gasteiger partial charge < -0.3 is 5.32 Å². The number of rotatable bonds is 6. The van der Waals surface area contributed by atoms with Crippen molar-refractivity contribution in [3.63, 3.8) is 0 Å². The highest BCUT2D eigenvalue weighted by molar-refractivity contribution is 8.00. The Kier molecular flexibility index (Phi) is 6.14. The number of carbonyl (C=O) groups excluding carboxylic acids is 1. The zero-order valence-electron chi connectivity index (χ0n) is 16.4. The Morgan fingerprint density at radius 2 is 1.83 bits per heavy atom. The summed E-state index contributed by atoms with van der Waals surface area (Å²) in [5.41, 5.74) is 0.509. The number of carbonyl (C=O) groups is 1. The third-order valence-corrected chi connectivity index (χ3v) is 5.88. The van der Waals surface area contributed by atoms with E-state index in [0.717, 1.165) is 16.3 Å². The van der Waals surface area contributed by atoms with Crippen molar-refractivity contribution in [3.05, 3.63) is 54.3 Å². The molecule has 0 aliphatic rings. The van der Waals surface area contributed by atoms with Crippen LogP contribution in [0.4, 0.5) is 4.39 Å². The maximum Gasteiger partial charge on any atom is 0.231 e. The quantitative estimate of drug-likeness (QED) is 0.604. The molecule has 0 saturated heterocycles. The highest BCUT2D eigenvalue weighted by Gasteiger charge is 2.30. The Labute approximate surface area is 173 Å². The fourth-order valence-corrected chi connectivity index (χ4v) is 3.54. The molecule has 1 amide bonds. The van der Waals surface area contributed by atoms with Gasteiger partial charge in [0, 0.05) is 16.3 Å². The molecule has 0 spiro atoms. The minimum Gasteiger partial charge on any atom is -0.337 e. The number of nitrogens with one attached hydrogen (secondary N) is 1. The van der Waals surface area contributed by atoms with E-state index in [4.69, 9.17) is 0 Å². The number of hydrogen-bond donors (Lipinski definition) is 1. The van der Waals surface area contributed by atoms with Crippen molar-refractivity contribution >= 4 is 28.4 Å². The Morgan fingerprint density at radius 3 is 2.45 bits per heavy atom. The zero-order valence-corrected chi connectivity index (χ0v) is 17.3. The van der Waals surface area contributed by atoms with Gasteiger partial charge in [0.2, 0.25) is 5.91 Å². The zero-order chi connectivity index (χ0) is 21.0. The average Bonchev–Trinajstić information content (AvgIpc) is 2.72. The lowest BCUT2D eigenvalue weighted by molar-refractivity contribution is -0.120. The van der Waals surface area contributed by atoms with Crippen LogP contribution in [0.3, 0.4) is 0 Å². The van der Waals surface area contributed by atoms with Gasteiger partial charge in [-0.15, -0.1) is 10.2 Å². The molecule has 1 N–H and O–H groups in total. The molecular weight excluding hydrogens is 387 g/mol. The number of hydrogen-bond acceptors (Lipinski definition) is 5. The molecule has 0 fully saturated rings. The van der Waals surface area contributed by atoms with E-state index in [9.17, 15) is 14.4 Å². The third kappa shape index (κ3) is 4.54. The molecule has 5 nitrogen and oxygen atoms in total. The standard InChI is InChI=1S/C22H21FN4OS/c1-14(2)22(3,13-24)25-19(28)12-29-21-18-7-5-4-6-17(18)20(26-27-21)15-8-10-16(23)11-9-15/h4-11,14H,12H2,1-3H3,(H,25,28)/t22-/m1/s1. The van der Waals surface area contributed by atoms with Crippen LogP contribution < -0.4 is 5.32 Å². The highest BCUT2D eigenvalue weighted by Crippen LogP contribution is 2.31. The van der Waals surface area contributed by atoms with Gasteiger partial charge in [-0.05, 0) is 37.1 Å². The van der Waals surface area contributed by atoms with Gasteiger partial charge in [-0.1, -0.05) is 49.9 Å². The summed E-state index contributed by atoms with van der Waals surface area (Å²) in [6, 6.07) is 15.9. The van der Waals surface area contributed by atoms with Crippen molar-refractivity contribution < 1.29 is 9.18 Å². The molecule has 0 aliphatic carbocycles. The van der Waals surface area contributed by atoms with Crippen molar-refractivity contribution in [1.82, 2.24) is 15.5 Å². The summed E-state index contributed by atoms with van der Waals surface area (Å²) in [4.78, 5) is 12.4. The van der Waals surface area contributed by atoms with E-state index in [2.05, 4.69) is 21.6 Å². The number of amides is 1. The van der Waals surface area contributed by atoms with Crippen LogP contribution in [0.25, 0.3) is 22.0 Å². The molecule has 0 bridgehead atoms. The van der Waals surface area contributed by atoms with Crippen LogP contribution in [-0.2, 0) is 4.79 Å². The van der Waals surface area contributed by atoms with Crippen LogP contribution in [0.1, 0.15) is 20.8 Å². The van der Waals surface area contributed by atoms with Crippen LogP contribution >= 0.6 is 11.8 Å². The maximum absolute atomic E-state index is 13.3. The van der Waals surface area contributed by atoms with Gasteiger partial charge in [-0.2, -0.15) is 5.26 Å². The molecule has 29 heavy (non-hydrogen) atoms. The number of thioether (sulfide) groups is 1. The molecule has 148 valence electrons. The Morgan fingerprint density at radius 1 is 1.17 bits per heavy atom. The van der Waals surface area contributed by atoms with E-state index in [1.807, 2.05) is 38.1 Å². The van der Waals surface area contributed by atoms with Gasteiger partial charge in [0.15, 0.2) is 0 Å². The van der Waals surface area contributed by atoms with Crippen LogP contribution in [0.2, 0.25) is 0 Å². The first-order valence-corrected chi connectivity index (χ1v) is 10.2. The summed E-state index contributed by atoms with van der Waals surface area (Å²) < 4.78 is 13.3. The second-order valence-electron chi connectivity index (χ2n) is 7.21. The third-order valence-electron chi connectivity index (χ3n) is 4.90. The van der Waals surface area contributed by atoms with Gasteiger partial charge in [-0.3, -0.25) is 4.79 Å². The van der Waals surface area contributed by atoms with E-state index in [1.54, 1.807) is 19.1 Å². The predicted octanol–water partition coefficient (Wildman–Crippen LogP) is 4.58. The van der Waals surface area contributed by atoms with Crippen molar-refractivity contribution in [2.75, 3.05) is 5.75 Å². The van der Waals surface area contributed by atoms with Crippen LogP contribution in [0.5, 0.6) is 0 Å². The molecule has 1 heterocycles. The number of nitrogens with zero attached hydrogens (tertiary/aromatic N) is 3. The first-order valence-electron chi connectivity index (χ1n) is 9.20. The Bertz CT molecular complexity index is 1080. The number of benzene rings is 2. The molecule has 3 aromatic rings. The van der Waals surface area contributed by atoms with Gasteiger partial charge >= 0.3 is 0 Å². The first-order chi connectivity index (χ1) is 13.8. The fourth-order valence-electron chi connectivity index (χ4n) is 2.77. The summed E-state index contributed by atoms with van der Waals surface area (Å²) in [6.45, 7) is 5.50. The van der Waals surface area contributed by atoms with E-state index in [1.165, 1.54) is 23.9 Å². The van der Waals surface area contributed by atoms with Crippen molar-refractivity contribution in [1.29, 1.82) is 5.26 Å². The lowest BCUT2D eigenvalue weighted by Gasteiger charge is -2.27. The SMILES string of the molecule is CC(C)[C@@](C)(C#N)NC(=O)CSc1nnc(-c2ccc(F)cc2)c2ccccc12. The first kappa shape index (κ1) is 20.7. The van der Waals surface area contributed by atoms with Crippen LogP contribution in [-0.4, -0.2) is 27.4 Å². The normalized spacial score (nSPS) is 13.1. The molecule has 2 aromatic carbocycles. The molecule has 0 aliphatic heterocycles. The van der Waals surface area contributed by atoms with E-state index in [-0.39, 0.29) is 23.4 Å². The number of fused-ring (bicyclic) bond motifs is 1. The highest BCUT2D eigenvalue weighted by atomic mass is 32.2. The molecule has 1 atom stereocenters. The number of aromatic nitrogens is 2. The molecule has 0 saturated carbocycles. The van der Waals surface area contributed by atoms with Crippen molar-refractivity contribution in [3.8, 4) is 17.3 Å². The summed E-state index contributed by atoms with van der Waals surface area (Å²) in [6.07, 6.45) is 0. The van der Waals surface area contributed by atoms with Gasteiger partial charge in [-0.25, -0.2) is 4.39 Å². The van der Waals surface area contributed by atoms with E-state index >= 15 is 0 Å². The number of halogens is 1. The second kappa shape index (κ2) is 8.58. The smallest absolute Gasteiger partial charge is 0.231 e. The fraction of sp³-hybridized carbons (Fsp3) is 0.273. The Hall–Kier alpha value is -2.98. The molecular formula is C22H21FN4OS. The average molecular weight is 409 g/mol. The van der Waals surface area contributed by atoms with E-state index < -0.39 is 5.54 Å². The summed E-state index contributed by atoms with van der Waals surface area (Å²) in [5.74, 6) is -0.438. The lowest BCUT2D eigenvalue weighted by Crippen LogP contribution is -2.49. The Balaban J connectivity index is 1.85. The monoisotopic (exact) mass is 408 g/mol. The minimum absolute atomic E-state index is 0.0166. The van der Waals surface area contributed by atoms with Gasteiger partial charge in [0.1, 0.15) is 22.1 Å². The van der Waals surface area contributed by atoms with Crippen LogP contribution in [0, 0.1) is 23.1 Å². The molecule has 0 radical (unpaired) electrons. The molecule has 1 aromatic heterocycles. The van der Waals surface area contributed by atoms with Gasteiger partial charge in [0.05, 0.1) is 11.8 Å². The summed E-state index contributed by atoms with van der Waals surface area (Å²) in [7, 11) is 0. The van der Waals surface area contributed by atoms with E-state index in [0.29, 0.717) is 10.7 Å². The second-order valence-corrected chi connectivity index (χ2v) is 8.18. The number of nitriles is 1. The molecule has 0 unspecified atom stereocenters. The maximum atomic E-state index is 13.3.